The molecule has 0 spiro atoms. The molecule has 0 radical (unpaired) electrons. The molecule has 7 nitrogen and oxygen atoms in total. The van der Waals surface area contributed by atoms with E-state index in [1.165, 1.54) is 24.5 Å². The molecule has 0 fully saturated rings. The maximum Gasteiger partial charge on any atom is 0.336 e. The summed E-state index contributed by atoms with van der Waals surface area (Å²) in [6, 6.07) is 1.60. The van der Waals surface area contributed by atoms with Crippen molar-refractivity contribution >= 4 is 43.2 Å². The molecule has 0 saturated heterocycles. The van der Waals surface area contributed by atoms with Crippen LogP contribution in [0.1, 0.15) is 4.88 Å². The highest BCUT2D eigenvalue weighted by Gasteiger charge is 2.21. The number of H-pyrrole nitrogens is 1. The van der Waals surface area contributed by atoms with E-state index in [0.29, 0.717) is 4.88 Å². The Labute approximate surface area is 116 Å². The van der Waals surface area contributed by atoms with Crippen LogP contribution in [0, 0.1) is 6.92 Å². The van der Waals surface area contributed by atoms with Crippen molar-refractivity contribution in [1.82, 2.24) is 15.2 Å². The highest BCUT2D eigenvalue weighted by Crippen LogP contribution is 2.30. The number of hydrogen-bond acceptors (Lipinski definition) is 6. The Morgan fingerprint density at radius 2 is 2.28 bits per heavy atom. The fourth-order valence-corrected chi connectivity index (χ4v) is 4.64. The predicted octanol–water partition coefficient (Wildman–Crippen LogP) is 1.75. The first-order valence-corrected chi connectivity index (χ1v) is 7.77. The molecule has 2 rings (SSSR count). The molecule has 2 heterocycles. The smallest absolute Gasteiger partial charge is 0.336 e. The monoisotopic (exact) mass is 352 g/mol. The van der Waals surface area contributed by atoms with E-state index in [1.54, 1.807) is 6.92 Å². The molecule has 2 N–H and O–H groups in total. The number of thiophene rings is 1. The SMILES string of the molecule is COc1n[nH]c(NS(=O)(=O)c2cc(Br)sc2C)n1. The maximum absolute atomic E-state index is 12.1. The van der Waals surface area contributed by atoms with Gasteiger partial charge in [-0.2, -0.15) is 4.98 Å². The van der Waals surface area contributed by atoms with Gasteiger partial charge in [-0.25, -0.2) is 18.2 Å². The fraction of sp³-hybridized carbons (Fsp3) is 0.250. The van der Waals surface area contributed by atoms with Crippen molar-refractivity contribution in [3.8, 4) is 6.01 Å². The number of nitrogens with zero attached hydrogens (tertiary/aromatic N) is 2. The van der Waals surface area contributed by atoms with Crippen molar-refractivity contribution in [1.29, 1.82) is 0 Å². The van der Waals surface area contributed by atoms with Crippen LogP contribution < -0.4 is 9.46 Å². The zero-order chi connectivity index (χ0) is 13.3. The molecule has 0 bridgehead atoms. The molecule has 0 aliphatic rings. The van der Waals surface area contributed by atoms with Crippen LogP contribution in [0.15, 0.2) is 14.7 Å². The van der Waals surface area contributed by atoms with E-state index in [9.17, 15) is 8.42 Å². The van der Waals surface area contributed by atoms with E-state index in [0.717, 1.165) is 3.79 Å². The van der Waals surface area contributed by atoms with Crippen LogP contribution in [-0.2, 0) is 10.0 Å². The van der Waals surface area contributed by atoms with Crippen LogP contribution in [0.2, 0.25) is 0 Å². The molecule has 0 amide bonds. The van der Waals surface area contributed by atoms with E-state index in [-0.39, 0.29) is 16.9 Å². The first-order chi connectivity index (χ1) is 8.42. The van der Waals surface area contributed by atoms with Gasteiger partial charge in [0.2, 0.25) is 5.95 Å². The highest BCUT2D eigenvalue weighted by molar-refractivity contribution is 9.11. The van der Waals surface area contributed by atoms with E-state index >= 15 is 0 Å². The van der Waals surface area contributed by atoms with E-state index in [4.69, 9.17) is 4.74 Å². The molecule has 0 aromatic carbocycles. The summed E-state index contributed by atoms with van der Waals surface area (Å²) in [5.74, 6) is 0.00794. The van der Waals surface area contributed by atoms with Gasteiger partial charge >= 0.3 is 6.01 Å². The van der Waals surface area contributed by atoms with Gasteiger partial charge in [0.05, 0.1) is 10.9 Å². The summed E-state index contributed by atoms with van der Waals surface area (Å²) in [6.45, 7) is 1.73. The summed E-state index contributed by atoms with van der Waals surface area (Å²) >= 11 is 4.59. The van der Waals surface area contributed by atoms with Gasteiger partial charge in [0.25, 0.3) is 10.0 Å². The molecule has 2 aromatic heterocycles. The number of sulfonamides is 1. The minimum atomic E-state index is -3.68. The first-order valence-electron chi connectivity index (χ1n) is 4.67. The third-order valence-electron chi connectivity index (χ3n) is 2.01. The molecule has 2 aromatic rings. The number of aromatic nitrogens is 3. The van der Waals surface area contributed by atoms with Crippen molar-refractivity contribution in [2.75, 3.05) is 11.8 Å². The summed E-state index contributed by atoms with van der Waals surface area (Å²) in [4.78, 5) is 4.67. The third-order valence-corrected chi connectivity index (χ3v) is 5.16. The molecular weight excluding hydrogens is 344 g/mol. The second kappa shape index (κ2) is 4.86. The number of halogens is 1. The van der Waals surface area contributed by atoms with Crippen LogP contribution in [0.4, 0.5) is 5.95 Å². The number of aromatic amines is 1. The Morgan fingerprint density at radius 1 is 1.56 bits per heavy atom. The Hall–Kier alpha value is -1.13. The van der Waals surface area contributed by atoms with Crippen molar-refractivity contribution in [2.45, 2.75) is 11.8 Å². The number of rotatable bonds is 4. The van der Waals surface area contributed by atoms with Crippen molar-refractivity contribution in [3.63, 3.8) is 0 Å². The number of ether oxygens (including phenoxy) is 1. The standard InChI is InChI=1S/C8H9BrN4O3S2/c1-4-5(3-6(9)17-4)18(14,15)13-7-10-8(16-2)12-11-7/h3H,1-2H3,(H2,10,11,12,13). The van der Waals surface area contributed by atoms with Gasteiger partial charge in [-0.3, -0.25) is 0 Å². The quantitative estimate of drug-likeness (QED) is 0.873. The van der Waals surface area contributed by atoms with Gasteiger partial charge in [-0.05, 0) is 28.9 Å². The van der Waals surface area contributed by atoms with Gasteiger partial charge in [0, 0.05) is 4.88 Å². The topological polar surface area (TPSA) is 97.0 Å². The number of anilines is 1. The summed E-state index contributed by atoms with van der Waals surface area (Å²) < 4.78 is 31.9. The zero-order valence-corrected chi connectivity index (χ0v) is 12.6. The Morgan fingerprint density at radius 3 is 2.78 bits per heavy atom. The minimum absolute atomic E-state index is 0.00794. The van der Waals surface area contributed by atoms with Crippen molar-refractivity contribution in [3.05, 3.63) is 14.7 Å². The zero-order valence-electron chi connectivity index (χ0n) is 9.39. The van der Waals surface area contributed by atoms with Gasteiger partial charge in [0.1, 0.15) is 4.90 Å². The second-order valence-corrected chi connectivity index (χ2v) is 7.53. The average molecular weight is 353 g/mol. The van der Waals surface area contributed by atoms with Crippen LogP contribution in [0.25, 0.3) is 0 Å². The third kappa shape index (κ3) is 2.65. The van der Waals surface area contributed by atoms with Crippen LogP contribution in [0.5, 0.6) is 6.01 Å². The highest BCUT2D eigenvalue weighted by atomic mass is 79.9. The van der Waals surface area contributed by atoms with Crippen LogP contribution >= 0.6 is 27.3 Å². The second-order valence-electron chi connectivity index (χ2n) is 3.25. The Bertz CT molecular complexity index is 664. The maximum atomic E-state index is 12.1. The largest absolute Gasteiger partial charge is 0.466 e. The van der Waals surface area contributed by atoms with Gasteiger partial charge in [-0.1, -0.05) is 0 Å². The van der Waals surface area contributed by atoms with Crippen molar-refractivity contribution < 1.29 is 13.2 Å². The van der Waals surface area contributed by atoms with Gasteiger partial charge < -0.3 is 4.74 Å². The molecule has 0 aliphatic carbocycles. The Balaban J connectivity index is 2.29. The number of nitrogens with one attached hydrogen (secondary N) is 2. The van der Waals surface area contributed by atoms with Gasteiger partial charge in [0.15, 0.2) is 0 Å². The Kier molecular flexibility index (Phi) is 3.59. The van der Waals surface area contributed by atoms with Gasteiger partial charge in [-0.15, -0.1) is 16.4 Å². The molecule has 10 heteroatoms. The lowest BCUT2D eigenvalue weighted by atomic mass is 10.5. The lowest BCUT2D eigenvalue weighted by Gasteiger charge is -2.03. The van der Waals surface area contributed by atoms with E-state index in [1.807, 2.05) is 0 Å². The summed E-state index contributed by atoms with van der Waals surface area (Å²) in [6.07, 6.45) is 0. The van der Waals surface area contributed by atoms with Crippen LogP contribution in [0.3, 0.4) is 0 Å². The molecule has 18 heavy (non-hydrogen) atoms. The minimum Gasteiger partial charge on any atom is -0.466 e. The lowest BCUT2D eigenvalue weighted by molar-refractivity contribution is 0.382. The predicted molar refractivity (Wildman–Crippen MR) is 70.5 cm³/mol. The fourth-order valence-electron chi connectivity index (χ4n) is 1.26. The number of methoxy groups -OCH3 is 1. The van der Waals surface area contributed by atoms with E-state index < -0.39 is 10.0 Å². The summed E-state index contributed by atoms with van der Waals surface area (Å²) in [5, 5.41) is 6.07. The lowest BCUT2D eigenvalue weighted by Crippen LogP contribution is -2.14. The first kappa shape index (κ1) is 13.3. The normalized spacial score (nSPS) is 11.5. The van der Waals surface area contributed by atoms with E-state index in [2.05, 4.69) is 35.8 Å². The molecule has 0 unspecified atom stereocenters. The molecule has 0 aliphatic heterocycles. The molecule has 0 atom stereocenters. The molecule has 98 valence electrons. The molecular formula is C8H9BrN4O3S2. The van der Waals surface area contributed by atoms with Crippen molar-refractivity contribution in [2.24, 2.45) is 0 Å². The number of aryl methyl sites for hydroxylation is 1. The number of hydrogen-bond donors (Lipinski definition) is 2. The molecule has 0 saturated carbocycles. The average Bonchev–Trinajstić information content (AvgIpc) is 2.84. The van der Waals surface area contributed by atoms with Crippen LogP contribution in [-0.4, -0.2) is 30.7 Å². The summed E-state index contributed by atoms with van der Waals surface area (Å²) in [7, 11) is -2.29. The summed E-state index contributed by atoms with van der Waals surface area (Å²) in [5.41, 5.74) is 0.